The van der Waals surface area contributed by atoms with Gasteiger partial charge in [0.1, 0.15) is 11.9 Å². The third-order valence-corrected chi connectivity index (χ3v) is 6.52. The van der Waals surface area contributed by atoms with Gasteiger partial charge in [0, 0.05) is 31.9 Å². The predicted molar refractivity (Wildman–Crippen MR) is 123 cm³/mol. The molecule has 1 aromatic carbocycles. The molecule has 0 bridgehead atoms. The van der Waals surface area contributed by atoms with E-state index in [9.17, 15) is 14.0 Å². The van der Waals surface area contributed by atoms with E-state index in [0.717, 1.165) is 4.88 Å². The lowest BCUT2D eigenvalue weighted by Crippen LogP contribution is -2.51. The van der Waals surface area contributed by atoms with E-state index in [-0.39, 0.29) is 24.2 Å². The van der Waals surface area contributed by atoms with Gasteiger partial charge in [-0.1, -0.05) is 6.07 Å². The van der Waals surface area contributed by atoms with Gasteiger partial charge >= 0.3 is 0 Å². The second kappa shape index (κ2) is 9.72. The quantitative estimate of drug-likeness (QED) is 0.536. The largest absolute Gasteiger partial charge is 0.338 e. The number of amides is 2. The van der Waals surface area contributed by atoms with Gasteiger partial charge in [0.05, 0.1) is 11.4 Å². The molecule has 1 aliphatic heterocycles. The minimum absolute atomic E-state index is 0.0317. The highest BCUT2D eigenvalue weighted by Crippen LogP contribution is 2.26. The summed E-state index contributed by atoms with van der Waals surface area (Å²) in [5, 5.41) is 11.8. The normalized spacial score (nSPS) is 15.5. The van der Waals surface area contributed by atoms with Crippen LogP contribution in [0.15, 0.2) is 41.8 Å². The molecule has 4 rings (SSSR count). The van der Waals surface area contributed by atoms with Crippen molar-refractivity contribution in [1.82, 2.24) is 24.6 Å². The molecule has 0 saturated carbocycles. The lowest BCUT2D eigenvalue weighted by molar-refractivity contribution is -0.136. The van der Waals surface area contributed by atoms with E-state index >= 15 is 0 Å². The lowest BCUT2D eigenvalue weighted by Gasteiger charge is -2.35. The Kier molecular flexibility index (Phi) is 6.77. The Morgan fingerprint density at radius 2 is 1.94 bits per heavy atom. The van der Waals surface area contributed by atoms with Crippen LogP contribution in [0.25, 0.3) is 10.7 Å². The number of aromatic nitrogens is 3. The van der Waals surface area contributed by atoms with Gasteiger partial charge in [0.2, 0.25) is 11.8 Å². The van der Waals surface area contributed by atoms with E-state index in [0.29, 0.717) is 42.5 Å². The Morgan fingerprint density at radius 1 is 1.22 bits per heavy atom. The van der Waals surface area contributed by atoms with Gasteiger partial charge in [-0.05, 0) is 54.9 Å². The minimum Gasteiger partial charge on any atom is -0.338 e. The number of carbonyl (C=O) groups excluding carboxylic acids is 2. The highest BCUT2D eigenvalue weighted by atomic mass is 32.1. The molecular weight excluding hydrogens is 451 g/mol. The molecule has 3 aromatic rings. The van der Waals surface area contributed by atoms with Gasteiger partial charge in [0.25, 0.3) is 0 Å². The number of nitrogens with one attached hydrogen (secondary N) is 2. The molecule has 1 aliphatic rings. The van der Waals surface area contributed by atoms with Gasteiger partial charge < -0.3 is 10.2 Å². The topological polar surface area (TPSA) is 86.3 Å². The van der Waals surface area contributed by atoms with Crippen LogP contribution in [0.5, 0.6) is 0 Å². The molecular formula is C21H23FN6O2S2. The second-order valence-corrected chi connectivity index (χ2v) is 8.87. The molecule has 32 heavy (non-hydrogen) atoms. The number of nitrogens with zero attached hydrogens (tertiary/aromatic N) is 4. The minimum atomic E-state index is -0.494. The summed E-state index contributed by atoms with van der Waals surface area (Å²) in [5.41, 5.74) is 0.553. The predicted octanol–water partition coefficient (Wildman–Crippen LogP) is 3.15. The maximum absolute atomic E-state index is 13.2. The molecule has 1 fully saturated rings. The number of hydrogen-bond acceptors (Lipinski definition) is 6. The number of H-pyrrole nitrogens is 1. The van der Waals surface area contributed by atoms with Crippen LogP contribution < -0.4 is 5.32 Å². The van der Waals surface area contributed by atoms with Crippen molar-refractivity contribution in [3.63, 3.8) is 0 Å². The highest BCUT2D eigenvalue weighted by molar-refractivity contribution is 7.71. The number of carbonyl (C=O) groups is 2. The van der Waals surface area contributed by atoms with Crippen molar-refractivity contribution in [2.75, 3.05) is 38.0 Å². The van der Waals surface area contributed by atoms with Crippen LogP contribution in [0.4, 0.5) is 10.1 Å². The summed E-state index contributed by atoms with van der Waals surface area (Å²) in [6, 6.07) is 9.03. The van der Waals surface area contributed by atoms with E-state index in [1.54, 1.807) is 9.47 Å². The molecule has 168 valence electrons. The molecule has 3 heterocycles. The number of aromatic amines is 1. The smallest absolute Gasteiger partial charge is 0.245 e. The van der Waals surface area contributed by atoms with Gasteiger partial charge in [-0.15, -0.1) is 11.3 Å². The monoisotopic (exact) mass is 474 g/mol. The average molecular weight is 475 g/mol. The first-order valence-corrected chi connectivity index (χ1v) is 11.5. The summed E-state index contributed by atoms with van der Waals surface area (Å²) in [5.74, 6) is 0.102. The van der Waals surface area contributed by atoms with Crippen LogP contribution in [0.3, 0.4) is 0 Å². The lowest BCUT2D eigenvalue weighted by atomic mass is 10.2. The van der Waals surface area contributed by atoms with Crippen LogP contribution in [0.2, 0.25) is 0 Å². The van der Waals surface area contributed by atoms with E-state index in [1.807, 2.05) is 29.3 Å². The Labute approximate surface area is 193 Å². The number of halogens is 1. The van der Waals surface area contributed by atoms with Crippen LogP contribution in [0, 0.1) is 10.6 Å². The third-order valence-electron chi connectivity index (χ3n) is 5.37. The molecule has 1 saturated heterocycles. The SMILES string of the molecule is CC(C(=O)N1CCN(CC(=O)Nc2ccc(F)cc2)CC1)n1c(-c2cccs2)n[nH]c1=S. The fourth-order valence-corrected chi connectivity index (χ4v) is 4.68. The van der Waals surface area contributed by atoms with Gasteiger partial charge in [-0.3, -0.25) is 24.2 Å². The summed E-state index contributed by atoms with van der Waals surface area (Å²) < 4.78 is 15.2. The molecule has 2 N–H and O–H groups in total. The standard InChI is InChI=1S/C21H23FN6O2S2/c1-14(28-19(24-25-21(28)31)17-3-2-12-32-17)20(30)27-10-8-26(9-11-27)13-18(29)23-16-6-4-15(22)5-7-16/h2-7,12,14H,8-11,13H2,1H3,(H,23,29)(H,25,31). The summed E-state index contributed by atoms with van der Waals surface area (Å²) in [6.45, 7) is 4.25. The van der Waals surface area contributed by atoms with Crippen molar-refractivity contribution < 1.29 is 14.0 Å². The van der Waals surface area contributed by atoms with Crippen molar-refractivity contribution in [2.24, 2.45) is 0 Å². The van der Waals surface area contributed by atoms with Crippen molar-refractivity contribution in [3.8, 4) is 10.7 Å². The maximum Gasteiger partial charge on any atom is 0.245 e. The van der Waals surface area contributed by atoms with Crippen LogP contribution >= 0.6 is 23.6 Å². The number of rotatable bonds is 6. The molecule has 8 nitrogen and oxygen atoms in total. The van der Waals surface area contributed by atoms with Gasteiger partial charge in [-0.25, -0.2) is 4.39 Å². The first-order valence-electron chi connectivity index (χ1n) is 10.2. The molecule has 0 aliphatic carbocycles. The zero-order valence-electron chi connectivity index (χ0n) is 17.5. The zero-order chi connectivity index (χ0) is 22.7. The van der Waals surface area contributed by atoms with Crippen molar-refractivity contribution >= 4 is 41.1 Å². The summed E-state index contributed by atoms with van der Waals surface area (Å²) in [4.78, 5) is 30.2. The number of benzene rings is 1. The van der Waals surface area contributed by atoms with E-state index < -0.39 is 6.04 Å². The first kappa shape index (κ1) is 22.3. The molecule has 2 aromatic heterocycles. The molecule has 0 spiro atoms. The fraction of sp³-hybridized carbons (Fsp3) is 0.333. The Balaban J connectivity index is 1.33. The van der Waals surface area contributed by atoms with Gasteiger partial charge in [-0.2, -0.15) is 5.10 Å². The molecule has 11 heteroatoms. The molecule has 0 radical (unpaired) electrons. The Morgan fingerprint density at radius 3 is 2.59 bits per heavy atom. The summed E-state index contributed by atoms with van der Waals surface area (Å²) in [6.07, 6.45) is 0. The van der Waals surface area contributed by atoms with E-state index in [1.165, 1.54) is 35.6 Å². The molecule has 1 unspecified atom stereocenters. The Hall–Kier alpha value is -2.89. The second-order valence-electron chi connectivity index (χ2n) is 7.53. The third kappa shape index (κ3) is 4.95. The summed E-state index contributed by atoms with van der Waals surface area (Å²) >= 11 is 6.91. The molecule has 1 atom stereocenters. The fourth-order valence-electron chi connectivity index (χ4n) is 3.68. The number of hydrogen-bond donors (Lipinski definition) is 2. The van der Waals surface area contributed by atoms with E-state index in [2.05, 4.69) is 15.5 Å². The highest BCUT2D eigenvalue weighted by Gasteiger charge is 2.28. The van der Waals surface area contributed by atoms with Gasteiger partial charge in [0.15, 0.2) is 10.6 Å². The average Bonchev–Trinajstić information content (AvgIpc) is 3.44. The number of anilines is 1. The molecule has 2 amide bonds. The zero-order valence-corrected chi connectivity index (χ0v) is 19.1. The van der Waals surface area contributed by atoms with E-state index in [4.69, 9.17) is 12.2 Å². The van der Waals surface area contributed by atoms with Crippen LogP contribution in [-0.4, -0.2) is 69.1 Å². The van der Waals surface area contributed by atoms with Crippen molar-refractivity contribution in [1.29, 1.82) is 0 Å². The maximum atomic E-state index is 13.2. The van der Waals surface area contributed by atoms with Crippen LogP contribution in [0.1, 0.15) is 13.0 Å². The number of thiophene rings is 1. The number of piperazine rings is 1. The first-order chi connectivity index (χ1) is 15.4. The summed E-state index contributed by atoms with van der Waals surface area (Å²) in [7, 11) is 0. The van der Waals surface area contributed by atoms with Crippen molar-refractivity contribution in [2.45, 2.75) is 13.0 Å². The Bertz CT molecular complexity index is 1130. The van der Waals surface area contributed by atoms with Crippen LogP contribution in [-0.2, 0) is 9.59 Å². The van der Waals surface area contributed by atoms with Crippen molar-refractivity contribution in [3.05, 3.63) is 52.4 Å².